The summed E-state index contributed by atoms with van der Waals surface area (Å²) < 4.78 is 0. The molecule has 4 aromatic carbocycles. The number of benzene rings is 4. The minimum absolute atomic E-state index is 0.0769. The minimum Gasteiger partial charge on any atom is -0.508 e. The lowest BCUT2D eigenvalue weighted by atomic mass is 9.32. The first-order valence-electron chi connectivity index (χ1n) is 14.5. The van der Waals surface area contributed by atoms with Crippen molar-refractivity contribution in [3.8, 4) is 69.0 Å². The Morgan fingerprint density at radius 1 is 0.283 bits per heavy atom. The molecule has 0 radical (unpaired) electrons. The molecule has 0 saturated heterocycles. The van der Waals surface area contributed by atoms with Crippen LogP contribution in [-0.2, 0) is 21.7 Å². The molecule has 0 atom stereocenters. The first kappa shape index (κ1) is 29.2. The van der Waals surface area contributed by atoms with Crippen LogP contribution < -0.4 is 0 Å². The average Bonchev–Trinajstić information content (AvgIpc) is 2.95. The maximum absolute atomic E-state index is 11.3. The molecule has 8 rings (SSSR count). The largest absolute Gasteiger partial charge is 0.508 e. The summed E-state index contributed by atoms with van der Waals surface area (Å²) in [6.45, 7) is 0. The first-order chi connectivity index (χ1) is 21.5. The molecule has 0 aliphatic heterocycles. The van der Waals surface area contributed by atoms with Gasteiger partial charge in [0.1, 0.15) is 23.0 Å². The van der Waals surface area contributed by atoms with Gasteiger partial charge in [0.2, 0.25) is 0 Å². The lowest BCUT2D eigenvalue weighted by Gasteiger charge is -2.71. The highest BCUT2D eigenvalue weighted by Crippen LogP contribution is 2.77. The molecule has 0 spiro atoms. The van der Waals surface area contributed by atoms with Gasteiger partial charge in [-0.15, -0.1) is 0 Å². The fourth-order valence-electron chi connectivity index (χ4n) is 9.81. The first-order valence-corrected chi connectivity index (χ1v) is 14.5. The highest BCUT2D eigenvalue weighted by molar-refractivity contribution is 5.64. The molecule has 4 fully saturated rings. The molecule has 240 valence electrons. The molecule has 0 amide bonds. The van der Waals surface area contributed by atoms with Gasteiger partial charge in [-0.2, -0.15) is 0 Å². The van der Waals surface area contributed by atoms with E-state index in [1.165, 1.54) is 24.3 Å². The summed E-state index contributed by atoms with van der Waals surface area (Å²) in [5.41, 5.74) is -4.82. The third-order valence-electron chi connectivity index (χ3n) is 10.6. The van der Waals surface area contributed by atoms with Gasteiger partial charge in [-0.1, -0.05) is 0 Å². The van der Waals surface area contributed by atoms with Crippen molar-refractivity contribution in [1.29, 1.82) is 0 Å². The molecule has 12 nitrogen and oxygen atoms in total. The Morgan fingerprint density at radius 2 is 0.457 bits per heavy atom. The summed E-state index contributed by atoms with van der Waals surface area (Å²) in [6, 6.07) is 8.92. The van der Waals surface area contributed by atoms with Gasteiger partial charge in [0.05, 0.1) is 0 Å². The molecule has 0 heterocycles. The maximum atomic E-state index is 11.3. The van der Waals surface area contributed by atoms with Crippen molar-refractivity contribution < 1.29 is 61.3 Å². The van der Waals surface area contributed by atoms with Crippen molar-refractivity contribution in [2.45, 2.75) is 60.2 Å². The van der Waals surface area contributed by atoms with E-state index in [1.54, 1.807) is 0 Å². The average molecular weight is 633 g/mol. The molecular weight excluding hydrogens is 600 g/mol. The Kier molecular flexibility index (Phi) is 5.73. The SMILES string of the molecule is Oc1cc(O)c(O)c(C23CC4(c5cc(O)cc(O)c5O)CC(c5cc(O)cc(O)c5O)(C2)CC(c2cc(O)cc(O)c2O)(C3)C4)c1. The van der Waals surface area contributed by atoms with Crippen LogP contribution in [0.5, 0.6) is 69.0 Å². The molecule has 0 aromatic heterocycles. The monoisotopic (exact) mass is 632 g/mol. The van der Waals surface area contributed by atoms with E-state index < -0.39 is 67.7 Å². The summed E-state index contributed by atoms with van der Waals surface area (Å²) in [5.74, 6) is -6.29. The number of phenols is 12. The van der Waals surface area contributed by atoms with Gasteiger partial charge in [-0.3, -0.25) is 0 Å². The van der Waals surface area contributed by atoms with E-state index in [0.717, 1.165) is 24.3 Å². The number of rotatable bonds is 4. The van der Waals surface area contributed by atoms with Crippen LogP contribution in [0.2, 0.25) is 0 Å². The Bertz CT molecular complexity index is 1650. The minimum atomic E-state index is -1.29. The van der Waals surface area contributed by atoms with Gasteiger partial charge in [-0.05, 0) is 62.8 Å². The molecule has 12 N–H and O–H groups in total. The van der Waals surface area contributed by atoms with Crippen LogP contribution in [0.15, 0.2) is 48.5 Å². The van der Waals surface area contributed by atoms with E-state index in [4.69, 9.17) is 0 Å². The van der Waals surface area contributed by atoms with Crippen molar-refractivity contribution in [2.24, 2.45) is 0 Å². The number of aromatic hydroxyl groups is 12. The second-order valence-electron chi connectivity index (χ2n) is 13.6. The van der Waals surface area contributed by atoms with Gasteiger partial charge in [0.15, 0.2) is 46.0 Å². The Labute approximate surface area is 261 Å². The van der Waals surface area contributed by atoms with Gasteiger partial charge in [-0.25, -0.2) is 0 Å². The molecule has 4 aromatic rings. The number of hydrogen-bond donors (Lipinski definition) is 12. The third kappa shape index (κ3) is 3.85. The second kappa shape index (κ2) is 9.03. The zero-order valence-electron chi connectivity index (χ0n) is 24.2. The van der Waals surface area contributed by atoms with Gasteiger partial charge in [0, 0.05) is 68.2 Å². The van der Waals surface area contributed by atoms with Crippen LogP contribution in [0.3, 0.4) is 0 Å². The number of hydrogen-bond acceptors (Lipinski definition) is 12. The highest BCUT2D eigenvalue weighted by Gasteiger charge is 2.71. The summed E-state index contributed by atoms with van der Waals surface area (Å²) in [4.78, 5) is 0. The van der Waals surface area contributed by atoms with Crippen LogP contribution in [0, 0.1) is 0 Å². The zero-order valence-corrected chi connectivity index (χ0v) is 24.2. The van der Waals surface area contributed by atoms with E-state index in [0.29, 0.717) is 0 Å². The Hall–Kier alpha value is -5.52. The molecule has 4 aliphatic rings. The van der Waals surface area contributed by atoms with E-state index in [2.05, 4.69) is 0 Å². The van der Waals surface area contributed by atoms with Crippen molar-refractivity contribution in [3.63, 3.8) is 0 Å². The second-order valence-corrected chi connectivity index (χ2v) is 13.6. The molecule has 46 heavy (non-hydrogen) atoms. The topological polar surface area (TPSA) is 243 Å². The van der Waals surface area contributed by atoms with E-state index >= 15 is 0 Å². The lowest BCUT2D eigenvalue weighted by molar-refractivity contribution is -0.0720. The van der Waals surface area contributed by atoms with Crippen molar-refractivity contribution in [3.05, 3.63) is 70.8 Å². The molecule has 12 heteroatoms. The Morgan fingerprint density at radius 3 is 0.630 bits per heavy atom. The molecular formula is C34H32O12. The Balaban J connectivity index is 1.65. The predicted molar refractivity (Wildman–Crippen MR) is 160 cm³/mol. The van der Waals surface area contributed by atoms with Crippen LogP contribution >= 0.6 is 0 Å². The predicted octanol–water partition coefficient (Wildman–Crippen LogP) is 4.59. The fourth-order valence-corrected chi connectivity index (χ4v) is 9.81. The standard InChI is InChI=1S/C34H32O12/c35-15-1-19(27(43)23(39)5-15)31-9-32(20-2-16(36)6-24(40)28(20)44)12-33(10-31,21-3-17(37)7-25(41)29(21)45)14-34(11-31,13-32)22-4-18(38)8-26(42)30(22)46/h1-8,35-46H,9-14H2. The van der Waals surface area contributed by atoms with Crippen molar-refractivity contribution in [1.82, 2.24) is 0 Å². The molecule has 4 aliphatic carbocycles. The van der Waals surface area contributed by atoms with Crippen LogP contribution in [0.1, 0.15) is 60.8 Å². The molecule has 0 unspecified atom stereocenters. The highest BCUT2D eigenvalue weighted by atomic mass is 16.3. The molecule has 4 saturated carbocycles. The van der Waals surface area contributed by atoms with E-state index in [9.17, 15) is 61.3 Å². The summed E-state index contributed by atoms with van der Waals surface area (Å²) in [6.07, 6.45) is 0.461. The third-order valence-corrected chi connectivity index (χ3v) is 10.6. The van der Waals surface area contributed by atoms with Gasteiger partial charge < -0.3 is 61.3 Å². The smallest absolute Gasteiger partial charge is 0.161 e. The number of phenolic OH excluding ortho intramolecular Hbond substituents is 12. The molecule has 4 bridgehead atoms. The van der Waals surface area contributed by atoms with Crippen LogP contribution in [0.4, 0.5) is 0 Å². The normalized spacial score (nSPS) is 28.0. The van der Waals surface area contributed by atoms with Crippen molar-refractivity contribution >= 4 is 0 Å². The fraction of sp³-hybridized carbons (Fsp3) is 0.294. The van der Waals surface area contributed by atoms with Crippen LogP contribution in [0.25, 0.3) is 0 Å². The quantitative estimate of drug-likeness (QED) is 0.109. The summed E-state index contributed by atoms with van der Waals surface area (Å²) >= 11 is 0. The van der Waals surface area contributed by atoms with Gasteiger partial charge in [0.25, 0.3) is 0 Å². The van der Waals surface area contributed by atoms with Gasteiger partial charge >= 0.3 is 0 Å². The summed E-state index contributed by atoms with van der Waals surface area (Å²) in [5, 5.41) is 130. The van der Waals surface area contributed by atoms with Crippen LogP contribution in [-0.4, -0.2) is 61.3 Å². The van der Waals surface area contributed by atoms with E-state index in [1.807, 2.05) is 0 Å². The summed E-state index contributed by atoms with van der Waals surface area (Å²) in [7, 11) is 0. The zero-order chi connectivity index (χ0) is 33.1. The maximum Gasteiger partial charge on any atom is 0.161 e. The van der Waals surface area contributed by atoms with E-state index in [-0.39, 0.29) is 83.8 Å². The van der Waals surface area contributed by atoms with Crippen molar-refractivity contribution in [2.75, 3.05) is 0 Å². The lowest BCUT2D eigenvalue weighted by Crippen LogP contribution is -2.67.